The van der Waals surface area contributed by atoms with E-state index in [1.54, 1.807) is 30.5 Å². The number of nitrogens with zero attached hydrogens (tertiary/aromatic N) is 2. The van der Waals surface area contributed by atoms with Gasteiger partial charge in [0.15, 0.2) is 5.54 Å². The molecular weight excluding hydrogens is 400 g/mol. The van der Waals surface area contributed by atoms with Crippen LogP contribution in [0.15, 0.2) is 91.1 Å². The SMILES string of the molecule is NC1(C(=O)c2cc3c(cn2)[nH]c2ccccc23)C(=O)N(c2ccccc2)c2ccccc21. The molecule has 0 radical (unpaired) electrons. The summed E-state index contributed by atoms with van der Waals surface area (Å²) < 4.78 is 0. The lowest BCUT2D eigenvalue weighted by atomic mass is 9.86. The Balaban J connectivity index is 1.52. The van der Waals surface area contributed by atoms with Crippen molar-refractivity contribution in [3.63, 3.8) is 0 Å². The Morgan fingerprint density at radius 3 is 2.44 bits per heavy atom. The van der Waals surface area contributed by atoms with Crippen LogP contribution in [0.3, 0.4) is 0 Å². The molecule has 0 saturated heterocycles. The third kappa shape index (κ3) is 2.41. The van der Waals surface area contributed by atoms with Crippen molar-refractivity contribution in [1.29, 1.82) is 0 Å². The van der Waals surface area contributed by atoms with Crippen LogP contribution in [0.2, 0.25) is 0 Å². The first kappa shape index (κ1) is 18.5. The summed E-state index contributed by atoms with van der Waals surface area (Å²) in [4.78, 5) is 36.6. The number of aromatic nitrogens is 2. The number of carbonyl (C=O) groups is 2. The third-order valence-electron chi connectivity index (χ3n) is 6.11. The summed E-state index contributed by atoms with van der Waals surface area (Å²) in [5.74, 6) is -1.02. The minimum absolute atomic E-state index is 0.155. The average Bonchev–Trinajstić information content (AvgIpc) is 3.32. The van der Waals surface area contributed by atoms with Gasteiger partial charge in [0.25, 0.3) is 5.91 Å². The Morgan fingerprint density at radius 1 is 0.875 bits per heavy atom. The highest BCUT2D eigenvalue weighted by Crippen LogP contribution is 2.44. The lowest BCUT2D eigenvalue weighted by Crippen LogP contribution is -2.52. The van der Waals surface area contributed by atoms with Crippen LogP contribution in [0.5, 0.6) is 0 Å². The van der Waals surface area contributed by atoms with Crippen LogP contribution in [0.1, 0.15) is 16.1 Å². The Labute approximate surface area is 183 Å². The maximum Gasteiger partial charge on any atom is 0.264 e. The molecule has 0 saturated carbocycles. The molecule has 6 heteroatoms. The molecule has 1 aliphatic rings. The molecule has 0 fully saturated rings. The van der Waals surface area contributed by atoms with Gasteiger partial charge < -0.3 is 10.7 Å². The van der Waals surface area contributed by atoms with E-state index in [-0.39, 0.29) is 5.69 Å². The highest BCUT2D eigenvalue weighted by atomic mass is 16.2. The number of anilines is 2. The predicted octanol–water partition coefficient (Wildman–Crippen LogP) is 4.43. The number of hydrogen-bond acceptors (Lipinski definition) is 4. The Bertz CT molecular complexity index is 1540. The molecule has 3 N–H and O–H groups in total. The largest absolute Gasteiger partial charge is 0.353 e. The maximum absolute atomic E-state index is 13.8. The number of H-pyrrole nitrogens is 1. The van der Waals surface area contributed by atoms with Crippen LogP contribution in [0.4, 0.5) is 11.4 Å². The summed E-state index contributed by atoms with van der Waals surface area (Å²) in [6.07, 6.45) is 1.62. The van der Waals surface area contributed by atoms with Gasteiger partial charge in [-0.3, -0.25) is 19.5 Å². The van der Waals surface area contributed by atoms with Crippen LogP contribution in [0, 0.1) is 0 Å². The highest BCUT2D eigenvalue weighted by molar-refractivity contribution is 6.28. The molecule has 1 aliphatic heterocycles. The van der Waals surface area contributed by atoms with Crippen molar-refractivity contribution in [2.75, 3.05) is 4.90 Å². The third-order valence-corrected chi connectivity index (χ3v) is 6.11. The molecule has 2 aromatic heterocycles. The fourth-order valence-electron chi connectivity index (χ4n) is 4.53. The first-order chi connectivity index (χ1) is 15.6. The summed E-state index contributed by atoms with van der Waals surface area (Å²) in [6.45, 7) is 0. The second-order valence-corrected chi connectivity index (χ2v) is 7.92. The zero-order valence-electron chi connectivity index (χ0n) is 16.9. The topological polar surface area (TPSA) is 92.1 Å². The van der Waals surface area contributed by atoms with Crippen LogP contribution in [-0.2, 0) is 10.3 Å². The van der Waals surface area contributed by atoms with Gasteiger partial charge in [0.05, 0.1) is 17.4 Å². The maximum atomic E-state index is 13.8. The number of pyridine rings is 1. The Kier molecular flexibility index (Phi) is 3.81. The standard InChI is InChI=1S/C26H18N4O2/c27-26(19-11-5-7-13-23(19)30(25(26)32)16-8-2-1-3-9-16)24(31)21-14-18-17-10-4-6-12-20(17)29-22(18)15-28-21/h1-15,29H,27H2. The predicted molar refractivity (Wildman–Crippen MR) is 124 cm³/mol. The van der Waals surface area contributed by atoms with Gasteiger partial charge in [-0.1, -0.05) is 54.6 Å². The van der Waals surface area contributed by atoms with Gasteiger partial charge in [0.1, 0.15) is 5.69 Å². The van der Waals surface area contributed by atoms with E-state index < -0.39 is 17.2 Å². The highest BCUT2D eigenvalue weighted by Gasteiger charge is 2.54. The molecule has 6 nitrogen and oxygen atoms in total. The molecule has 154 valence electrons. The fraction of sp³-hybridized carbons (Fsp3) is 0.0385. The molecule has 0 aliphatic carbocycles. The van der Waals surface area contributed by atoms with E-state index in [1.807, 2.05) is 60.7 Å². The summed E-state index contributed by atoms with van der Waals surface area (Å²) in [5.41, 5.74) is 8.46. The molecule has 1 atom stereocenters. The fourth-order valence-corrected chi connectivity index (χ4v) is 4.53. The number of nitrogens with two attached hydrogens (primary N) is 1. The van der Waals surface area contributed by atoms with Gasteiger partial charge in [-0.05, 0) is 30.3 Å². The molecule has 3 aromatic carbocycles. The molecular formula is C26H18N4O2. The van der Waals surface area contributed by atoms with Crippen molar-refractivity contribution in [3.05, 3.63) is 102 Å². The van der Waals surface area contributed by atoms with Crippen molar-refractivity contribution in [2.45, 2.75) is 5.54 Å². The second kappa shape index (κ2) is 6.60. The van der Waals surface area contributed by atoms with Gasteiger partial charge in [0, 0.05) is 27.5 Å². The first-order valence-electron chi connectivity index (χ1n) is 10.3. The number of nitrogens with one attached hydrogen (secondary N) is 1. The minimum atomic E-state index is -1.86. The quantitative estimate of drug-likeness (QED) is 0.335. The summed E-state index contributed by atoms with van der Waals surface area (Å²) in [7, 11) is 0. The second-order valence-electron chi connectivity index (χ2n) is 7.92. The lowest BCUT2D eigenvalue weighted by Gasteiger charge is -2.23. The van der Waals surface area contributed by atoms with E-state index in [2.05, 4.69) is 9.97 Å². The Hall–Kier alpha value is -4.29. The number of Topliss-reactive ketones (excluding diaryl/α,β-unsaturated/α-hetero) is 1. The molecule has 3 heterocycles. The molecule has 5 aromatic rings. The van der Waals surface area contributed by atoms with Crippen molar-refractivity contribution >= 4 is 44.9 Å². The molecule has 6 rings (SSSR count). The van der Waals surface area contributed by atoms with Crippen LogP contribution >= 0.6 is 0 Å². The van der Waals surface area contributed by atoms with Gasteiger partial charge >= 0.3 is 0 Å². The number of ketones is 1. The summed E-state index contributed by atoms with van der Waals surface area (Å²) >= 11 is 0. The monoisotopic (exact) mass is 418 g/mol. The van der Waals surface area contributed by atoms with Gasteiger partial charge in [-0.2, -0.15) is 0 Å². The van der Waals surface area contributed by atoms with E-state index in [9.17, 15) is 9.59 Å². The normalized spacial score (nSPS) is 17.8. The summed E-state index contributed by atoms with van der Waals surface area (Å²) in [6, 6.07) is 25.9. The van der Waals surface area contributed by atoms with Gasteiger partial charge in [-0.15, -0.1) is 0 Å². The first-order valence-corrected chi connectivity index (χ1v) is 10.3. The zero-order valence-corrected chi connectivity index (χ0v) is 16.9. The van der Waals surface area contributed by atoms with E-state index in [4.69, 9.17) is 5.73 Å². The van der Waals surface area contributed by atoms with E-state index >= 15 is 0 Å². The van der Waals surface area contributed by atoms with Crippen LogP contribution in [-0.4, -0.2) is 21.7 Å². The van der Waals surface area contributed by atoms with Crippen molar-refractivity contribution < 1.29 is 9.59 Å². The van der Waals surface area contributed by atoms with Crippen molar-refractivity contribution in [3.8, 4) is 0 Å². The average molecular weight is 418 g/mol. The Morgan fingerprint density at radius 2 is 1.59 bits per heavy atom. The van der Waals surface area contributed by atoms with Gasteiger partial charge in [-0.25, -0.2) is 0 Å². The van der Waals surface area contributed by atoms with Crippen LogP contribution in [0.25, 0.3) is 21.8 Å². The van der Waals surface area contributed by atoms with Crippen molar-refractivity contribution in [1.82, 2.24) is 9.97 Å². The van der Waals surface area contributed by atoms with E-state index in [0.717, 1.165) is 21.8 Å². The lowest BCUT2D eigenvalue weighted by molar-refractivity contribution is -0.120. The number of amides is 1. The number of aromatic amines is 1. The number of fused-ring (bicyclic) bond motifs is 4. The minimum Gasteiger partial charge on any atom is -0.353 e. The molecule has 1 unspecified atom stereocenters. The van der Waals surface area contributed by atoms with Gasteiger partial charge in [0.2, 0.25) is 5.78 Å². The van der Waals surface area contributed by atoms with Crippen LogP contribution < -0.4 is 10.6 Å². The number of carbonyl (C=O) groups excluding carboxylic acids is 2. The number of para-hydroxylation sites is 3. The smallest absolute Gasteiger partial charge is 0.264 e. The number of hydrogen-bond donors (Lipinski definition) is 2. The molecule has 0 bridgehead atoms. The van der Waals surface area contributed by atoms with E-state index in [1.165, 1.54) is 4.90 Å². The summed E-state index contributed by atoms with van der Waals surface area (Å²) in [5, 5.41) is 1.84. The molecule has 32 heavy (non-hydrogen) atoms. The number of benzene rings is 3. The van der Waals surface area contributed by atoms with E-state index in [0.29, 0.717) is 16.9 Å². The molecule has 0 spiro atoms. The van der Waals surface area contributed by atoms with Crippen molar-refractivity contribution in [2.24, 2.45) is 5.73 Å². The molecule has 1 amide bonds. The zero-order chi connectivity index (χ0) is 21.9. The number of rotatable bonds is 3.